The maximum absolute atomic E-state index is 12.9. The summed E-state index contributed by atoms with van der Waals surface area (Å²) in [5.74, 6) is 0. The first-order chi connectivity index (χ1) is 11.4. The number of carbonyl (C=O) groups excluding carboxylic acids is 1. The molecule has 2 heterocycles. The Kier molecular flexibility index (Phi) is 4.83. The number of para-hydroxylation sites is 1. The standard InChI is InChI=1S/C19H28N2O3/c1-18(2,3)24-17(22)21(15-7-5-4-6-8-15)16-13-19(23-14-16)9-11-20-12-10-19/h4-8,16,20H,9-14H2,1-3H3. The van der Waals surface area contributed by atoms with E-state index in [0.29, 0.717) is 6.61 Å². The highest BCUT2D eigenvalue weighted by atomic mass is 16.6. The summed E-state index contributed by atoms with van der Waals surface area (Å²) in [7, 11) is 0. The van der Waals surface area contributed by atoms with Crippen molar-refractivity contribution in [2.24, 2.45) is 0 Å². The lowest BCUT2D eigenvalue weighted by Crippen LogP contribution is -2.46. The van der Waals surface area contributed by atoms with Gasteiger partial charge in [0.15, 0.2) is 0 Å². The molecule has 1 atom stereocenters. The zero-order valence-corrected chi connectivity index (χ0v) is 14.9. The molecule has 1 amide bonds. The number of anilines is 1. The Morgan fingerprint density at radius 1 is 1.25 bits per heavy atom. The van der Waals surface area contributed by atoms with Crippen molar-refractivity contribution in [1.29, 1.82) is 0 Å². The van der Waals surface area contributed by atoms with Gasteiger partial charge in [-0.25, -0.2) is 4.79 Å². The van der Waals surface area contributed by atoms with Crippen LogP contribution in [0.2, 0.25) is 0 Å². The zero-order chi connectivity index (χ0) is 17.2. The highest BCUT2D eigenvalue weighted by Gasteiger charge is 2.45. The number of nitrogens with one attached hydrogen (secondary N) is 1. The third-order valence-corrected chi connectivity index (χ3v) is 4.69. The Morgan fingerprint density at radius 2 is 1.92 bits per heavy atom. The van der Waals surface area contributed by atoms with Gasteiger partial charge in [0, 0.05) is 5.69 Å². The van der Waals surface area contributed by atoms with Crippen LogP contribution in [0.4, 0.5) is 10.5 Å². The molecule has 1 spiro atoms. The van der Waals surface area contributed by atoms with Gasteiger partial charge in [-0.15, -0.1) is 0 Å². The van der Waals surface area contributed by atoms with E-state index in [0.717, 1.165) is 38.0 Å². The quantitative estimate of drug-likeness (QED) is 0.902. The molecule has 0 saturated carbocycles. The lowest BCUT2D eigenvalue weighted by molar-refractivity contribution is -0.0193. The average Bonchev–Trinajstić information content (AvgIpc) is 2.90. The van der Waals surface area contributed by atoms with E-state index in [2.05, 4.69) is 5.32 Å². The van der Waals surface area contributed by atoms with Crippen molar-refractivity contribution >= 4 is 11.8 Å². The van der Waals surface area contributed by atoms with Crippen LogP contribution in [-0.2, 0) is 9.47 Å². The van der Waals surface area contributed by atoms with Crippen molar-refractivity contribution in [3.8, 4) is 0 Å². The first kappa shape index (κ1) is 17.2. The molecular formula is C19H28N2O3. The van der Waals surface area contributed by atoms with Crippen molar-refractivity contribution in [3.63, 3.8) is 0 Å². The van der Waals surface area contributed by atoms with Gasteiger partial charge in [-0.3, -0.25) is 4.90 Å². The molecule has 0 aliphatic carbocycles. The predicted octanol–water partition coefficient (Wildman–Crippen LogP) is 3.34. The summed E-state index contributed by atoms with van der Waals surface area (Å²) in [5.41, 5.74) is 0.257. The maximum Gasteiger partial charge on any atom is 0.415 e. The van der Waals surface area contributed by atoms with E-state index >= 15 is 0 Å². The van der Waals surface area contributed by atoms with Crippen molar-refractivity contribution in [2.45, 2.75) is 57.3 Å². The SMILES string of the molecule is CC(C)(C)OC(=O)N(c1ccccc1)C1COC2(CCNCC2)C1. The molecule has 2 fully saturated rings. The molecule has 24 heavy (non-hydrogen) atoms. The summed E-state index contributed by atoms with van der Waals surface area (Å²) >= 11 is 0. The fraction of sp³-hybridized carbons (Fsp3) is 0.632. The Labute approximate surface area is 144 Å². The van der Waals surface area contributed by atoms with Gasteiger partial charge in [0.05, 0.1) is 18.2 Å². The van der Waals surface area contributed by atoms with Gasteiger partial charge in [-0.1, -0.05) is 18.2 Å². The van der Waals surface area contributed by atoms with Crippen LogP contribution >= 0.6 is 0 Å². The normalized spacial score (nSPS) is 23.2. The van der Waals surface area contributed by atoms with Crippen LogP contribution in [0.5, 0.6) is 0 Å². The third kappa shape index (κ3) is 3.90. The fourth-order valence-corrected chi connectivity index (χ4v) is 3.58. The average molecular weight is 332 g/mol. The number of hydrogen-bond donors (Lipinski definition) is 1. The van der Waals surface area contributed by atoms with E-state index in [1.54, 1.807) is 4.90 Å². The molecule has 1 aromatic rings. The first-order valence-corrected chi connectivity index (χ1v) is 8.81. The van der Waals surface area contributed by atoms with Crippen LogP contribution in [-0.4, -0.2) is 43.0 Å². The molecule has 5 heteroatoms. The molecular weight excluding hydrogens is 304 g/mol. The van der Waals surface area contributed by atoms with Crippen LogP contribution < -0.4 is 10.2 Å². The van der Waals surface area contributed by atoms with E-state index in [9.17, 15) is 4.79 Å². The summed E-state index contributed by atoms with van der Waals surface area (Å²) in [6.07, 6.45) is 2.57. The minimum Gasteiger partial charge on any atom is -0.443 e. The van der Waals surface area contributed by atoms with Gasteiger partial charge in [-0.05, 0) is 65.3 Å². The van der Waals surface area contributed by atoms with Crippen LogP contribution in [0.15, 0.2) is 30.3 Å². The van der Waals surface area contributed by atoms with Crippen molar-refractivity contribution in [1.82, 2.24) is 5.32 Å². The topological polar surface area (TPSA) is 50.8 Å². The minimum atomic E-state index is -0.518. The molecule has 3 rings (SSSR count). The van der Waals surface area contributed by atoms with Gasteiger partial charge < -0.3 is 14.8 Å². The highest BCUT2D eigenvalue weighted by molar-refractivity contribution is 5.88. The fourth-order valence-electron chi connectivity index (χ4n) is 3.58. The van der Waals surface area contributed by atoms with Crippen molar-refractivity contribution in [3.05, 3.63) is 30.3 Å². The summed E-state index contributed by atoms with van der Waals surface area (Å²) in [6, 6.07) is 9.77. The van der Waals surface area contributed by atoms with Crippen molar-refractivity contribution in [2.75, 3.05) is 24.6 Å². The maximum atomic E-state index is 12.9. The predicted molar refractivity (Wildman–Crippen MR) is 94.3 cm³/mol. The molecule has 5 nitrogen and oxygen atoms in total. The lowest BCUT2D eigenvalue weighted by atomic mass is 9.88. The Morgan fingerprint density at radius 3 is 2.54 bits per heavy atom. The summed E-state index contributed by atoms with van der Waals surface area (Å²) in [6.45, 7) is 8.21. The number of piperidine rings is 1. The van der Waals surface area contributed by atoms with Gasteiger partial charge in [0.1, 0.15) is 5.60 Å². The van der Waals surface area contributed by atoms with E-state index in [1.165, 1.54) is 0 Å². The van der Waals surface area contributed by atoms with Crippen LogP contribution in [0.3, 0.4) is 0 Å². The van der Waals surface area contributed by atoms with E-state index in [1.807, 2.05) is 51.1 Å². The molecule has 1 N–H and O–H groups in total. The smallest absolute Gasteiger partial charge is 0.415 e. The lowest BCUT2D eigenvalue weighted by Gasteiger charge is -2.34. The monoisotopic (exact) mass is 332 g/mol. The Balaban J connectivity index is 1.81. The molecule has 2 aliphatic rings. The molecule has 0 bridgehead atoms. The molecule has 0 aromatic heterocycles. The zero-order valence-electron chi connectivity index (χ0n) is 14.9. The van der Waals surface area contributed by atoms with Gasteiger partial charge in [-0.2, -0.15) is 0 Å². The Bertz CT molecular complexity index is 562. The molecule has 2 saturated heterocycles. The highest BCUT2D eigenvalue weighted by Crippen LogP contribution is 2.37. The van der Waals surface area contributed by atoms with Crippen LogP contribution in [0.1, 0.15) is 40.0 Å². The van der Waals surface area contributed by atoms with E-state index in [4.69, 9.17) is 9.47 Å². The number of hydrogen-bond acceptors (Lipinski definition) is 4. The minimum absolute atomic E-state index is 0.0142. The van der Waals surface area contributed by atoms with E-state index in [-0.39, 0.29) is 17.7 Å². The number of carbonyl (C=O) groups is 1. The molecule has 132 valence electrons. The van der Waals surface area contributed by atoms with Crippen LogP contribution in [0.25, 0.3) is 0 Å². The van der Waals surface area contributed by atoms with Crippen molar-refractivity contribution < 1.29 is 14.3 Å². The second-order valence-electron chi connectivity index (χ2n) is 7.79. The van der Waals surface area contributed by atoms with Gasteiger partial charge in [0.25, 0.3) is 0 Å². The summed E-state index contributed by atoms with van der Waals surface area (Å²) in [4.78, 5) is 14.6. The number of benzene rings is 1. The first-order valence-electron chi connectivity index (χ1n) is 8.81. The second kappa shape index (κ2) is 6.73. The van der Waals surface area contributed by atoms with E-state index < -0.39 is 5.60 Å². The molecule has 1 aromatic carbocycles. The third-order valence-electron chi connectivity index (χ3n) is 4.69. The number of ether oxygens (including phenoxy) is 2. The number of amides is 1. The molecule has 0 radical (unpaired) electrons. The second-order valence-corrected chi connectivity index (χ2v) is 7.79. The number of nitrogens with zero attached hydrogens (tertiary/aromatic N) is 1. The van der Waals surface area contributed by atoms with Gasteiger partial charge >= 0.3 is 6.09 Å². The van der Waals surface area contributed by atoms with Gasteiger partial charge in [0.2, 0.25) is 0 Å². The number of rotatable bonds is 2. The molecule has 1 unspecified atom stereocenters. The largest absolute Gasteiger partial charge is 0.443 e. The molecule has 2 aliphatic heterocycles. The summed E-state index contributed by atoms with van der Waals surface area (Å²) in [5, 5.41) is 3.38. The van der Waals surface area contributed by atoms with Crippen LogP contribution in [0, 0.1) is 0 Å². The summed E-state index contributed by atoms with van der Waals surface area (Å²) < 4.78 is 11.8. The Hall–Kier alpha value is -1.59.